The summed E-state index contributed by atoms with van der Waals surface area (Å²) in [5, 5.41) is 0.995. The van der Waals surface area contributed by atoms with Gasteiger partial charge in [0.05, 0.1) is 74.8 Å². The second-order valence-electron chi connectivity index (χ2n) is 17.7. The lowest BCUT2D eigenvalue weighted by molar-refractivity contribution is -0.571. The first-order valence-corrected chi connectivity index (χ1v) is 22.4. The van der Waals surface area contributed by atoms with Crippen molar-refractivity contribution in [2.24, 2.45) is 0 Å². The first-order valence-electron chi connectivity index (χ1n) is 31.4. The lowest BCUT2D eigenvalue weighted by Crippen LogP contribution is -2.31. The Morgan fingerprint density at radius 1 is 0.529 bits per heavy atom. The Balaban J connectivity index is 1.08. The average molecular weight is 920 g/mol. The second-order valence-corrected chi connectivity index (χ2v) is 17.7. The number of benzene rings is 9. The van der Waals surface area contributed by atoms with Gasteiger partial charge in [0.25, 0.3) is 6.33 Å². The third-order valence-electron chi connectivity index (χ3n) is 12.5. The van der Waals surface area contributed by atoms with Crippen LogP contribution in [0.1, 0.15) is 51.0 Å². The molecule has 0 aliphatic heterocycles. The minimum atomic E-state index is -0.625. The minimum absolute atomic E-state index is 0.0703. The fourth-order valence-corrected chi connectivity index (χ4v) is 9.40. The Hall–Kier alpha value is -9.00. The molecule has 0 fully saturated rings. The van der Waals surface area contributed by atoms with E-state index in [1.54, 1.807) is 76.0 Å². The Kier molecular flexibility index (Phi) is 6.20. The maximum Gasteiger partial charge on any atom is 0.269 e. The number of nitrogens with zero attached hydrogens (tertiary/aromatic N) is 5. The maximum absolute atomic E-state index is 9.48. The van der Waals surface area contributed by atoms with E-state index in [2.05, 4.69) is 27.1 Å². The number of hydrogen-bond acceptors (Lipinski definition) is 2. The van der Waals surface area contributed by atoms with Gasteiger partial charge in [0.1, 0.15) is 17.3 Å². The molecule has 0 bridgehead atoms. The van der Waals surface area contributed by atoms with Gasteiger partial charge in [0.2, 0.25) is 0 Å². The summed E-state index contributed by atoms with van der Waals surface area (Å²) in [5.41, 5.74) is 3.14. The van der Waals surface area contributed by atoms with Crippen molar-refractivity contribution in [1.82, 2.24) is 18.7 Å². The fourth-order valence-electron chi connectivity index (χ4n) is 9.40. The van der Waals surface area contributed by atoms with Gasteiger partial charge in [-0.15, -0.1) is 0 Å². The highest BCUT2D eigenvalue weighted by atomic mass is 16.5. The highest BCUT2D eigenvalue weighted by Gasteiger charge is 2.24. The molecule has 0 saturated carbocycles. The van der Waals surface area contributed by atoms with Crippen molar-refractivity contribution in [1.29, 1.82) is 0 Å². The van der Waals surface area contributed by atoms with Crippen LogP contribution in [0.2, 0.25) is 0 Å². The molecule has 334 valence electrons. The van der Waals surface area contributed by atoms with Gasteiger partial charge in [-0.25, -0.2) is 4.98 Å². The van der Waals surface area contributed by atoms with Gasteiger partial charge in [0.15, 0.2) is 0 Å². The van der Waals surface area contributed by atoms with E-state index in [0.717, 1.165) is 5.56 Å². The van der Waals surface area contributed by atoms with Gasteiger partial charge in [-0.2, -0.15) is 0 Å². The molecule has 6 nitrogen and oxygen atoms in total. The third-order valence-corrected chi connectivity index (χ3v) is 12.5. The molecule has 0 radical (unpaired) electrons. The molecule has 0 amide bonds. The molecule has 0 aliphatic rings. The molecule has 6 heteroatoms. The highest BCUT2D eigenvalue weighted by Crippen LogP contribution is 2.43. The SMILES string of the molecule is [2H]c1c([2H])c([2H])c(-c2cccc(-c3c([2H])c([2H])c([2H])c([2H])c3[2H])c2-[n+]2[c-]n(-c3cccc(Oc4cc(-n5c6c([2H])c([2H])c([2H])c([2H])c6c6c([2H])c([2H])c([2H])c([2H])c65)c5c6ccccc6n(-c6cc(C(C)(C)C)ccn6)c5c4)c3)c3ccccc32)c([2H])c1[2H]. The molecular weight excluding hydrogens is 855 g/mol. The van der Waals surface area contributed by atoms with Crippen LogP contribution in [0.3, 0.4) is 0 Å². The quantitative estimate of drug-likeness (QED) is 0.113. The van der Waals surface area contributed by atoms with E-state index >= 15 is 0 Å². The van der Waals surface area contributed by atoms with Gasteiger partial charge >= 0.3 is 0 Å². The van der Waals surface area contributed by atoms with E-state index in [4.69, 9.17) is 28.9 Å². The summed E-state index contributed by atoms with van der Waals surface area (Å²) in [6.07, 6.45) is 5.13. The molecule has 9 aromatic carbocycles. The van der Waals surface area contributed by atoms with Crippen molar-refractivity contribution >= 4 is 54.6 Å². The summed E-state index contributed by atoms with van der Waals surface area (Å²) in [4.78, 5) is 4.89. The molecule has 13 aromatic rings. The van der Waals surface area contributed by atoms with Crippen LogP contribution >= 0.6 is 0 Å². The van der Waals surface area contributed by atoms with Gasteiger partial charge < -0.3 is 9.30 Å². The summed E-state index contributed by atoms with van der Waals surface area (Å²) < 4.78 is 174. The van der Waals surface area contributed by atoms with Gasteiger partial charge in [-0.1, -0.05) is 184 Å². The zero-order valence-electron chi connectivity index (χ0n) is 55.7. The zero-order valence-corrected chi connectivity index (χ0v) is 37.7. The molecule has 0 atom stereocenters. The predicted octanol–water partition coefficient (Wildman–Crippen LogP) is 15.7. The topological polar surface area (TPSA) is 40.8 Å². The van der Waals surface area contributed by atoms with E-state index < -0.39 is 109 Å². The summed E-state index contributed by atoms with van der Waals surface area (Å²) in [6, 6.07) is 23.4. The Morgan fingerprint density at radius 2 is 1.16 bits per heavy atom. The number of hydrogen-bond donors (Lipinski definition) is 0. The van der Waals surface area contributed by atoms with E-state index in [1.165, 1.54) is 22.8 Å². The largest absolute Gasteiger partial charge is 0.458 e. The second kappa shape index (κ2) is 16.4. The molecule has 0 aliphatic carbocycles. The van der Waals surface area contributed by atoms with Crippen molar-refractivity contribution in [3.05, 3.63) is 242 Å². The zero-order chi connectivity index (χ0) is 62.6. The number of fused-ring (bicyclic) bond motifs is 7. The summed E-state index contributed by atoms with van der Waals surface area (Å²) in [6.45, 7) is 6.25. The molecule has 4 aromatic heterocycles. The van der Waals surface area contributed by atoms with Crippen LogP contribution in [0.25, 0.3) is 99.8 Å². The van der Waals surface area contributed by atoms with E-state index in [0.29, 0.717) is 44.3 Å². The van der Waals surface area contributed by atoms with Crippen molar-refractivity contribution in [2.45, 2.75) is 26.2 Å². The molecule has 0 saturated heterocycles. The predicted molar refractivity (Wildman–Crippen MR) is 286 cm³/mol. The maximum atomic E-state index is 9.48. The third kappa shape index (κ3) is 6.79. The van der Waals surface area contributed by atoms with Gasteiger partial charge in [-0.05, 0) is 81.7 Å². The number of rotatable bonds is 8. The normalized spacial score (nSPS) is 15.5. The van der Waals surface area contributed by atoms with Crippen LogP contribution in [0.4, 0.5) is 0 Å². The van der Waals surface area contributed by atoms with Crippen molar-refractivity contribution in [3.63, 3.8) is 0 Å². The Labute approximate surface area is 431 Å². The molecule has 0 unspecified atom stereocenters. The van der Waals surface area contributed by atoms with Crippen LogP contribution in [0.5, 0.6) is 11.5 Å². The van der Waals surface area contributed by atoms with Crippen molar-refractivity contribution in [2.75, 3.05) is 0 Å². The molecule has 0 N–H and O–H groups in total. The Bertz CT molecular complexity index is 5010. The van der Waals surface area contributed by atoms with E-state index in [-0.39, 0.29) is 72.3 Å². The van der Waals surface area contributed by atoms with Crippen molar-refractivity contribution in [3.8, 4) is 56.6 Å². The number of imidazole rings is 1. The minimum Gasteiger partial charge on any atom is -0.458 e. The van der Waals surface area contributed by atoms with Crippen LogP contribution in [0, 0.1) is 6.33 Å². The molecule has 70 heavy (non-hydrogen) atoms. The number of para-hydroxylation sites is 6. The number of pyridine rings is 1. The summed E-state index contributed by atoms with van der Waals surface area (Å²) in [5.74, 6) is 0.960. The number of ether oxygens (including phenoxy) is 1. The lowest BCUT2D eigenvalue weighted by Gasteiger charge is -2.20. The van der Waals surface area contributed by atoms with E-state index in [1.807, 2.05) is 41.0 Å². The molecule has 13 rings (SSSR count). The van der Waals surface area contributed by atoms with Crippen LogP contribution in [0.15, 0.2) is 230 Å². The van der Waals surface area contributed by atoms with Crippen molar-refractivity contribution < 1.29 is 34.0 Å². The molecule has 4 heterocycles. The van der Waals surface area contributed by atoms with E-state index in [9.17, 15) is 5.48 Å². The first-order chi connectivity index (χ1) is 41.8. The standard InChI is InChI=1S/C64H47N5O/c1-64(2,3)45-36-37-65-61(38-45)69-56-33-15-12-28-53(56)62-59(68-54-31-13-10-26-51(54)52-27-11-14-32-55(52)68)40-48(41-60(62)69)70-47-25-18-24-46(39-47)66-42-67(58-35-17-16-34-57(58)66)63-49(43-20-6-4-7-21-43)29-19-30-50(63)44-22-8-5-9-23-44/h4-41H,1-3H3/i4D,5D,6D,7D,8D,9D,10D,11D,13D,14D,20D,21D,22D,23D,26D,27D,31D,32D. The first kappa shape index (κ1) is 26.5. The van der Waals surface area contributed by atoms with Gasteiger partial charge in [0, 0.05) is 39.9 Å². The summed E-state index contributed by atoms with van der Waals surface area (Å²) >= 11 is 0. The molecular formula is C64H47N5O. The molecule has 0 spiro atoms. The fraction of sp³-hybridized carbons (Fsp3) is 0.0625. The monoisotopic (exact) mass is 919 g/mol. The summed E-state index contributed by atoms with van der Waals surface area (Å²) in [7, 11) is 0. The van der Waals surface area contributed by atoms with Crippen LogP contribution in [-0.2, 0) is 5.41 Å². The smallest absolute Gasteiger partial charge is 0.269 e. The number of aromatic nitrogens is 5. The lowest BCUT2D eigenvalue weighted by atomic mass is 9.88. The average Bonchev–Trinajstić information content (AvgIpc) is 1.57. The van der Waals surface area contributed by atoms with Crippen LogP contribution < -0.4 is 9.30 Å². The highest BCUT2D eigenvalue weighted by molar-refractivity contribution is 6.16. The van der Waals surface area contributed by atoms with Gasteiger partial charge in [-0.3, -0.25) is 13.7 Å². The Morgan fingerprint density at radius 3 is 1.86 bits per heavy atom. The van der Waals surface area contributed by atoms with Crippen LogP contribution in [-0.4, -0.2) is 18.7 Å².